The number of nitrogens with zero attached hydrogens (tertiary/aromatic N) is 1. The number of aryl methyl sites for hydroxylation is 3. The SMILES string of the molecule is Cc1ccc(OCCNC(=O)CN(c2cc(C)ccc2C)S(C)(=O)=O)cc1. The lowest BCUT2D eigenvalue weighted by atomic mass is 10.1. The Labute approximate surface area is 161 Å². The zero-order valence-corrected chi connectivity index (χ0v) is 17.0. The topological polar surface area (TPSA) is 75.7 Å². The molecule has 0 spiro atoms. The van der Waals surface area contributed by atoms with Gasteiger partial charge in [-0.1, -0.05) is 29.8 Å². The van der Waals surface area contributed by atoms with Crippen LogP contribution >= 0.6 is 0 Å². The highest BCUT2D eigenvalue weighted by Gasteiger charge is 2.22. The molecule has 0 bridgehead atoms. The van der Waals surface area contributed by atoms with E-state index in [-0.39, 0.29) is 19.0 Å². The van der Waals surface area contributed by atoms with Crippen LogP contribution in [-0.2, 0) is 14.8 Å². The monoisotopic (exact) mass is 390 g/mol. The molecule has 2 rings (SSSR count). The Morgan fingerprint density at radius 3 is 2.30 bits per heavy atom. The van der Waals surface area contributed by atoms with Gasteiger partial charge in [-0.25, -0.2) is 8.42 Å². The van der Waals surface area contributed by atoms with Gasteiger partial charge >= 0.3 is 0 Å². The molecule has 0 radical (unpaired) electrons. The molecule has 0 fully saturated rings. The van der Waals surface area contributed by atoms with Crippen molar-refractivity contribution >= 4 is 21.6 Å². The van der Waals surface area contributed by atoms with Gasteiger partial charge in [0, 0.05) is 0 Å². The van der Waals surface area contributed by atoms with E-state index >= 15 is 0 Å². The zero-order valence-electron chi connectivity index (χ0n) is 16.2. The van der Waals surface area contributed by atoms with E-state index in [4.69, 9.17) is 4.74 Å². The summed E-state index contributed by atoms with van der Waals surface area (Å²) in [5.41, 5.74) is 3.38. The standard InChI is InChI=1S/C20H26N2O4S/c1-15-6-9-18(10-7-15)26-12-11-21-20(23)14-22(27(4,24)25)19-13-16(2)5-8-17(19)3/h5-10,13H,11-12,14H2,1-4H3,(H,21,23). The lowest BCUT2D eigenvalue weighted by Crippen LogP contribution is -2.41. The molecule has 27 heavy (non-hydrogen) atoms. The van der Waals surface area contributed by atoms with Crippen molar-refractivity contribution < 1.29 is 17.9 Å². The quantitative estimate of drug-likeness (QED) is 0.703. The molecule has 2 aromatic rings. The number of sulfonamides is 1. The van der Waals surface area contributed by atoms with Crippen LogP contribution in [0.15, 0.2) is 42.5 Å². The van der Waals surface area contributed by atoms with E-state index < -0.39 is 10.0 Å². The van der Waals surface area contributed by atoms with Crippen LogP contribution in [0, 0.1) is 20.8 Å². The molecule has 0 saturated heterocycles. The summed E-state index contributed by atoms with van der Waals surface area (Å²) in [6.45, 7) is 6.02. The Balaban J connectivity index is 1.94. The van der Waals surface area contributed by atoms with Gasteiger partial charge in [-0.05, 0) is 50.1 Å². The van der Waals surface area contributed by atoms with Crippen LogP contribution in [0.2, 0.25) is 0 Å². The number of hydrogen-bond donors (Lipinski definition) is 1. The molecular weight excluding hydrogens is 364 g/mol. The number of carbonyl (C=O) groups is 1. The number of hydrogen-bond acceptors (Lipinski definition) is 4. The van der Waals surface area contributed by atoms with E-state index in [2.05, 4.69) is 5.32 Å². The van der Waals surface area contributed by atoms with Gasteiger partial charge in [0.15, 0.2) is 0 Å². The number of rotatable bonds is 8. The summed E-state index contributed by atoms with van der Waals surface area (Å²) in [4.78, 5) is 12.3. The van der Waals surface area contributed by atoms with Crippen molar-refractivity contribution in [2.24, 2.45) is 0 Å². The number of ether oxygens (including phenoxy) is 1. The van der Waals surface area contributed by atoms with Gasteiger partial charge in [-0.15, -0.1) is 0 Å². The molecule has 0 heterocycles. The van der Waals surface area contributed by atoms with Crippen molar-refractivity contribution in [2.45, 2.75) is 20.8 Å². The minimum atomic E-state index is -3.59. The van der Waals surface area contributed by atoms with E-state index in [0.29, 0.717) is 12.3 Å². The first-order valence-electron chi connectivity index (χ1n) is 8.68. The first kappa shape index (κ1) is 20.8. The minimum Gasteiger partial charge on any atom is -0.492 e. The van der Waals surface area contributed by atoms with Crippen LogP contribution in [0.3, 0.4) is 0 Å². The Morgan fingerprint density at radius 2 is 1.67 bits per heavy atom. The van der Waals surface area contributed by atoms with Crippen molar-refractivity contribution in [3.05, 3.63) is 59.2 Å². The lowest BCUT2D eigenvalue weighted by molar-refractivity contribution is -0.119. The summed E-state index contributed by atoms with van der Waals surface area (Å²) >= 11 is 0. The highest BCUT2D eigenvalue weighted by Crippen LogP contribution is 2.23. The Bertz CT molecular complexity index is 893. The van der Waals surface area contributed by atoms with E-state index in [1.165, 1.54) is 0 Å². The summed E-state index contributed by atoms with van der Waals surface area (Å²) in [6.07, 6.45) is 1.10. The van der Waals surface area contributed by atoms with Gasteiger partial charge in [0.05, 0.1) is 18.5 Å². The second kappa shape index (κ2) is 8.90. The number of carbonyl (C=O) groups excluding carboxylic acids is 1. The van der Waals surface area contributed by atoms with Crippen molar-refractivity contribution in [3.63, 3.8) is 0 Å². The van der Waals surface area contributed by atoms with Crippen molar-refractivity contribution in [1.82, 2.24) is 5.32 Å². The third-order valence-corrected chi connectivity index (χ3v) is 5.16. The molecule has 6 nitrogen and oxygen atoms in total. The van der Waals surface area contributed by atoms with Gasteiger partial charge < -0.3 is 10.1 Å². The molecular formula is C20H26N2O4S. The second-order valence-corrected chi connectivity index (χ2v) is 8.48. The third-order valence-electron chi connectivity index (χ3n) is 4.03. The zero-order chi connectivity index (χ0) is 20.0. The van der Waals surface area contributed by atoms with Crippen LogP contribution in [0.25, 0.3) is 0 Å². The summed E-state index contributed by atoms with van der Waals surface area (Å²) in [5.74, 6) is 0.344. The Morgan fingerprint density at radius 1 is 1.04 bits per heavy atom. The van der Waals surface area contributed by atoms with E-state index in [9.17, 15) is 13.2 Å². The Kier molecular flexibility index (Phi) is 6.85. The van der Waals surface area contributed by atoms with Crippen molar-refractivity contribution in [3.8, 4) is 5.75 Å². The maximum Gasteiger partial charge on any atom is 0.240 e. The van der Waals surface area contributed by atoms with Crippen LogP contribution in [0.4, 0.5) is 5.69 Å². The molecule has 0 aromatic heterocycles. The van der Waals surface area contributed by atoms with Crippen LogP contribution in [-0.4, -0.2) is 40.3 Å². The van der Waals surface area contributed by atoms with E-state index in [1.54, 1.807) is 6.07 Å². The molecule has 2 aromatic carbocycles. The minimum absolute atomic E-state index is 0.270. The molecule has 0 saturated carbocycles. The van der Waals surface area contributed by atoms with Crippen molar-refractivity contribution in [2.75, 3.05) is 30.3 Å². The second-order valence-electron chi connectivity index (χ2n) is 6.57. The molecule has 146 valence electrons. The summed E-state index contributed by atoms with van der Waals surface area (Å²) in [5, 5.41) is 2.70. The molecule has 7 heteroatoms. The van der Waals surface area contributed by atoms with E-state index in [0.717, 1.165) is 33.0 Å². The fraction of sp³-hybridized carbons (Fsp3) is 0.350. The fourth-order valence-electron chi connectivity index (χ4n) is 2.55. The van der Waals surface area contributed by atoms with Gasteiger partial charge in [-0.2, -0.15) is 0 Å². The molecule has 0 aliphatic carbocycles. The highest BCUT2D eigenvalue weighted by molar-refractivity contribution is 7.92. The number of benzene rings is 2. The fourth-order valence-corrected chi connectivity index (χ4v) is 3.46. The van der Waals surface area contributed by atoms with Crippen LogP contribution in [0.5, 0.6) is 5.75 Å². The van der Waals surface area contributed by atoms with Gasteiger partial charge in [0.1, 0.15) is 18.9 Å². The molecule has 0 aliphatic rings. The number of anilines is 1. The molecule has 1 amide bonds. The van der Waals surface area contributed by atoms with E-state index in [1.807, 2.05) is 57.2 Å². The summed E-state index contributed by atoms with van der Waals surface area (Å²) in [6, 6.07) is 13.1. The largest absolute Gasteiger partial charge is 0.492 e. The maximum atomic E-state index is 12.3. The van der Waals surface area contributed by atoms with Crippen molar-refractivity contribution in [1.29, 1.82) is 0 Å². The predicted molar refractivity (Wildman–Crippen MR) is 108 cm³/mol. The number of amides is 1. The van der Waals surface area contributed by atoms with Gasteiger partial charge in [0.2, 0.25) is 15.9 Å². The average Bonchev–Trinajstić information content (AvgIpc) is 2.59. The first-order valence-corrected chi connectivity index (χ1v) is 10.5. The third kappa shape index (κ3) is 6.29. The lowest BCUT2D eigenvalue weighted by Gasteiger charge is -2.24. The first-order chi connectivity index (χ1) is 12.7. The van der Waals surface area contributed by atoms with Crippen LogP contribution < -0.4 is 14.4 Å². The van der Waals surface area contributed by atoms with Crippen LogP contribution in [0.1, 0.15) is 16.7 Å². The van der Waals surface area contributed by atoms with Gasteiger partial charge in [-0.3, -0.25) is 9.10 Å². The summed E-state index contributed by atoms with van der Waals surface area (Å²) in [7, 11) is -3.59. The summed E-state index contributed by atoms with van der Waals surface area (Å²) < 4.78 is 31.1. The average molecular weight is 391 g/mol. The molecule has 1 N–H and O–H groups in total. The Hall–Kier alpha value is -2.54. The van der Waals surface area contributed by atoms with Gasteiger partial charge in [0.25, 0.3) is 0 Å². The molecule has 0 aliphatic heterocycles. The molecule has 0 unspecified atom stereocenters. The molecule has 0 atom stereocenters. The highest BCUT2D eigenvalue weighted by atomic mass is 32.2. The normalized spacial score (nSPS) is 11.1. The number of nitrogens with one attached hydrogen (secondary N) is 1. The predicted octanol–water partition coefficient (Wildman–Crippen LogP) is 2.57. The smallest absolute Gasteiger partial charge is 0.240 e. The maximum absolute atomic E-state index is 12.3.